The van der Waals surface area contributed by atoms with Crippen molar-refractivity contribution in [3.8, 4) is 0 Å². The highest BCUT2D eigenvalue weighted by Crippen LogP contribution is 2.33. The maximum absolute atomic E-state index is 13.3. The van der Waals surface area contributed by atoms with E-state index in [0.717, 1.165) is 51.4 Å². The van der Waals surface area contributed by atoms with E-state index in [4.69, 9.17) is 28.4 Å². The Morgan fingerprint density at radius 1 is 0.443 bits per heavy atom. The number of ether oxygens (including phenoxy) is 6. The molecule has 12 N–H and O–H groups in total. The first-order valence-corrected chi connectivity index (χ1v) is 31.4. The summed E-state index contributed by atoms with van der Waals surface area (Å²) in [5, 5.41) is 120. The summed E-state index contributed by atoms with van der Waals surface area (Å²) in [7, 11) is 0. The Morgan fingerprint density at radius 3 is 1.19 bits per heavy atom. The van der Waals surface area contributed by atoms with Crippen LogP contribution in [0.5, 0.6) is 0 Å². The molecule has 17 atom stereocenters. The lowest BCUT2D eigenvalue weighted by atomic mass is 9.96. The van der Waals surface area contributed by atoms with E-state index in [9.17, 15) is 61.0 Å². The fourth-order valence-electron chi connectivity index (χ4n) is 10.9. The smallest absolute Gasteiger partial charge is 0.220 e. The third kappa shape index (κ3) is 27.9. The number of aliphatic hydroxyl groups excluding tert-OH is 11. The van der Waals surface area contributed by atoms with Gasteiger partial charge in [0.1, 0.15) is 73.2 Å². The molecule has 3 fully saturated rings. The zero-order chi connectivity index (χ0) is 57.6. The van der Waals surface area contributed by atoms with Crippen LogP contribution in [0, 0.1) is 0 Å². The number of hydrogen-bond donors (Lipinski definition) is 12. The number of nitrogens with one attached hydrogen (secondary N) is 1. The van der Waals surface area contributed by atoms with Gasteiger partial charge in [0.05, 0.1) is 38.6 Å². The Morgan fingerprint density at radius 2 is 0.785 bits per heavy atom. The van der Waals surface area contributed by atoms with Crippen LogP contribution in [0.15, 0.2) is 12.2 Å². The molecule has 0 spiro atoms. The van der Waals surface area contributed by atoms with E-state index < -0.39 is 124 Å². The first-order chi connectivity index (χ1) is 38.3. The highest BCUT2D eigenvalue weighted by atomic mass is 16.8. The van der Waals surface area contributed by atoms with Crippen LogP contribution in [0.3, 0.4) is 0 Å². The molecule has 0 saturated carbocycles. The summed E-state index contributed by atoms with van der Waals surface area (Å²) in [5.41, 5.74) is 0. The largest absolute Gasteiger partial charge is 0.394 e. The Bertz CT molecular complexity index is 1500. The average Bonchev–Trinajstić information content (AvgIpc) is 3.50. The molecule has 19 heteroatoms. The molecule has 466 valence electrons. The van der Waals surface area contributed by atoms with Crippen molar-refractivity contribution in [3.63, 3.8) is 0 Å². The molecule has 3 aliphatic rings. The summed E-state index contributed by atoms with van der Waals surface area (Å²) in [6, 6.07) is -0.965. The molecular weight excluding hydrogens is 1020 g/mol. The molecule has 17 unspecified atom stereocenters. The average molecular weight is 1140 g/mol. The van der Waals surface area contributed by atoms with E-state index >= 15 is 0 Å². The minimum Gasteiger partial charge on any atom is -0.394 e. The molecular formula is C60H113NO18. The van der Waals surface area contributed by atoms with E-state index in [-0.39, 0.29) is 18.9 Å². The normalized spacial score (nSPS) is 30.3. The van der Waals surface area contributed by atoms with Crippen LogP contribution in [0.25, 0.3) is 0 Å². The van der Waals surface area contributed by atoms with Crippen LogP contribution in [0.4, 0.5) is 0 Å². The predicted octanol–water partition coefficient (Wildman–Crippen LogP) is 6.16. The number of amides is 1. The van der Waals surface area contributed by atoms with Gasteiger partial charge in [-0.15, -0.1) is 0 Å². The molecule has 3 aliphatic heterocycles. The van der Waals surface area contributed by atoms with Gasteiger partial charge in [0.15, 0.2) is 18.9 Å². The number of unbranched alkanes of at least 4 members (excludes halogenated alkanes) is 31. The van der Waals surface area contributed by atoms with Gasteiger partial charge in [-0.2, -0.15) is 0 Å². The Kier molecular flexibility index (Phi) is 40.1. The highest BCUT2D eigenvalue weighted by molar-refractivity contribution is 5.76. The van der Waals surface area contributed by atoms with Gasteiger partial charge in [-0.25, -0.2) is 0 Å². The number of allylic oxidation sites excluding steroid dienone is 1. The predicted molar refractivity (Wildman–Crippen MR) is 300 cm³/mol. The molecule has 0 aliphatic carbocycles. The summed E-state index contributed by atoms with van der Waals surface area (Å²) in [5.74, 6) is -0.275. The SMILES string of the molecule is CCCCCCCC/C=C/C(O)C(COC1OC(CO)C(OC2OC(CO)C(OC3OC(CO)C(O)C(O)C3O)C(O)C2O)C(O)C1O)NC(=O)CCCCCCCCCCCCCCCCCCCCCCCCCCCC. The van der Waals surface area contributed by atoms with Crippen molar-refractivity contribution in [1.82, 2.24) is 5.32 Å². The van der Waals surface area contributed by atoms with Crippen LogP contribution < -0.4 is 5.32 Å². The molecule has 0 radical (unpaired) electrons. The van der Waals surface area contributed by atoms with Crippen molar-refractivity contribution in [2.45, 2.75) is 336 Å². The quantitative estimate of drug-likeness (QED) is 0.0240. The molecule has 1 amide bonds. The third-order valence-corrected chi connectivity index (χ3v) is 16.1. The second kappa shape index (κ2) is 44.1. The van der Waals surface area contributed by atoms with Gasteiger partial charge >= 0.3 is 0 Å². The highest BCUT2D eigenvalue weighted by Gasteiger charge is 2.53. The summed E-state index contributed by atoms with van der Waals surface area (Å²) < 4.78 is 34.2. The standard InChI is InChI=1S/C60H113NO18/c1-3-5-7-9-11-13-14-15-16-17-18-19-20-21-22-23-24-25-26-27-28-29-30-32-34-36-38-48(66)61-43(44(65)37-35-33-31-12-10-8-6-4-2)42-74-58-54(72)51(69)56(46(40-63)76-58)79-60-55(73)52(70)57(47(41-64)77-60)78-59-53(71)50(68)49(67)45(39-62)75-59/h35,37,43-47,49-60,62-65,67-73H,3-34,36,38-42H2,1-2H3,(H,61,66)/b37-35+. The minimum absolute atomic E-state index is 0.248. The number of carbonyl (C=O) groups is 1. The number of aliphatic hydroxyl groups is 11. The summed E-state index contributed by atoms with van der Waals surface area (Å²) >= 11 is 0. The van der Waals surface area contributed by atoms with E-state index in [1.807, 2.05) is 6.08 Å². The lowest BCUT2D eigenvalue weighted by Gasteiger charge is -2.48. The van der Waals surface area contributed by atoms with Crippen LogP contribution in [0.1, 0.15) is 232 Å². The van der Waals surface area contributed by atoms with Gasteiger partial charge in [-0.1, -0.05) is 219 Å². The van der Waals surface area contributed by atoms with Crippen molar-refractivity contribution in [2.75, 3.05) is 26.4 Å². The minimum atomic E-state index is -1.97. The Labute approximate surface area is 474 Å². The molecule has 0 aromatic carbocycles. The Hall–Kier alpha value is -1.47. The maximum atomic E-state index is 13.3. The fourth-order valence-corrected chi connectivity index (χ4v) is 10.9. The van der Waals surface area contributed by atoms with Crippen LogP contribution in [-0.4, -0.2) is 193 Å². The van der Waals surface area contributed by atoms with Crippen LogP contribution in [-0.2, 0) is 33.2 Å². The number of hydrogen-bond acceptors (Lipinski definition) is 18. The van der Waals surface area contributed by atoms with Crippen LogP contribution >= 0.6 is 0 Å². The van der Waals surface area contributed by atoms with Gasteiger partial charge in [0, 0.05) is 6.42 Å². The second-order valence-electron chi connectivity index (χ2n) is 22.9. The molecule has 3 heterocycles. The van der Waals surface area contributed by atoms with Crippen LogP contribution in [0.2, 0.25) is 0 Å². The van der Waals surface area contributed by atoms with Gasteiger partial charge in [0.2, 0.25) is 5.91 Å². The van der Waals surface area contributed by atoms with Crippen molar-refractivity contribution in [2.24, 2.45) is 0 Å². The molecule has 0 aromatic rings. The van der Waals surface area contributed by atoms with E-state index in [0.29, 0.717) is 6.42 Å². The van der Waals surface area contributed by atoms with Gasteiger partial charge in [-0.05, 0) is 19.3 Å². The monoisotopic (exact) mass is 1140 g/mol. The van der Waals surface area contributed by atoms with Crippen molar-refractivity contribution in [3.05, 3.63) is 12.2 Å². The van der Waals surface area contributed by atoms with Gasteiger partial charge in [-0.3, -0.25) is 4.79 Å². The van der Waals surface area contributed by atoms with Crippen molar-refractivity contribution >= 4 is 5.91 Å². The summed E-state index contributed by atoms with van der Waals surface area (Å²) in [6.45, 7) is 1.69. The molecule has 0 aromatic heterocycles. The first kappa shape index (κ1) is 71.8. The molecule has 3 saturated heterocycles. The number of carbonyl (C=O) groups excluding carboxylic acids is 1. The number of rotatable bonds is 47. The lowest BCUT2D eigenvalue weighted by Crippen LogP contribution is -2.66. The molecule has 0 bridgehead atoms. The lowest BCUT2D eigenvalue weighted by molar-refractivity contribution is -0.379. The summed E-state index contributed by atoms with van der Waals surface area (Å²) in [4.78, 5) is 13.3. The maximum Gasteiger partial charge on any atom is 0.220 e. The zero-order valence-corrected chi connectivity index (χ0v) is 48.6. The third-order valence-electron chi connectivity index (χ3n) is 16.1. The van der Waals surface area contributed by atoms with Gasteiger partial charge < -0.3 is 89.9 Å². The Balaban J connectivity index is 1.38. The summed E-state index contributed by atoms with van der Waals surface area (Å²) in [6.07, 6.45) is 18.1. The molecule has 79 heavy (non-hydrogen) atoms. The van der Waals surface area contributed by atoms with Crippen molar-refractivity contribution in [1.29, 1.82) is 0 Å². The second-order valence-corrected chi connectivity index (χ2v) is 22.9. The van der Waals surface area contributed by atoms with E-state index in [1.54, 1.807) is 6.08 Å². The van der Waals surface area contributed by atoms with Gasteiger partial charge in [0.25, 0.3) is 0 Å². The van der Waals surface area contributed by atoms with E-state index in [2.05, 4.69) is 19.2 Å². The molecule has 3 rings (SSSR count). The topological polar surface area (TPSA) is 307 Å². The van der Waals surface area contributed by atoms with Crippen molar-refractivity contribution < 1.29 is 89.4 Å². The first-order valence-electron chi connectivity index (χ1n) is 31.4. The molecule has 19 nitrogen and oxygen atoms in total. The fraction of sp³-hybridized carbons (Fsp3) is 0.950. The van der Waals surface area contributed by atoms with E-state index in [1.165, 1.54) is 154 Å². The zero-order valence-electron chi connectivity index (χ0n) is 48.6.